The minimum Gasteiger partial charge on any atom is -0.356 e. The number of hydrogen-bond donors (Lipinski definition) is 1. The van der Waals surface area contributed by atoms with E-state index in [1.807, 2.05) is 0 Å². The van der Waals surface area contributed by atoms with Crippen molar-refractivity contribution in [1.29, 1.82) is 0 Å². The summed E-state index contributed by atoms with van der Waals surface area (Å²) in [4.78, 5) is 16.1. The van der Waals surface area contributed by atoms with E-state index in [1.54, 1.807) is 17.8 Å². The van der Waals surface area contributed by atoms with Crippen molar-refractivity contribution in [3.05, 3.63) is 64.5 Å². The van der Waals surface area contributed by atoms with Crippen LogP contribution in [0.3, 0.4) is 0 Å². The maximum Gasteiger partial charge on any atom is 0.277 e. The first-order chi connectivity index (χ1) is 11.9. The fourth-order valence-corrected chi connectivity index (χ4v) is 2.53. The van der Waals surface area contributed by atoms with Crippen LogP contribution in [0.5, 0.6) is 0 Å². The molecule has 0 saturated heterocycles. The van der Waals surface area contributed by atoms with Gasteiger partial charge in [0.15, 0.2) is 11.5 Å². The van der Waals surface area contributed by atoms with E-state index in [9.17, 15) is 4.79 Å². The number of hydrogen-bond acceptors (Lipinski definition) is 5. The first kappa shape index (κ1) is 17.2. The van der Waals surface area contributed by atoms with E-state index < -0.39 is 5.91 Å². The lowest BCUT2D eigenvalue weighted by molar-refractivity contribution is 0.101. The topological polar surface area (TPSA) is 85.8 Å². The van der Waals surface area contributed by atoms with Crippen LogP contribution < -0.4 is 5.32 Å². The molecule has 1 amide bonds. The third-order valence-corrected chi connectivity index (χ3v) is 3.98. The van der Waals surface area contributed by atoms with Gasteiger partial charge in [-0.05, 0) is 12.5 Å². The number of nitrogens with one attached hydrogen (secondary N) is 1. The average Bonchev–Trinajstić information content (AvgIpc) is 3.20. The highest BCUT2D eigenvalue weighted by Crippen LogP contribution is 2.24. The number of carbonyl (C=O) groups is 1. The highest BCUT2D eigenvalue weighted by Gasteiger charge is 2.14. The van der Waals surface area contributed by atoms with E-state index in [2.05, 4.69) is 27.1 Å². The van der Waals surface area contributed by atoms with Gasteiger partial charge >= 0.3 is 0 Å². The molecule has 0 aliphatic rings. The van der Waals surface area contributed by atoms with Crippen LogP contribution in [0.4, 0.5) is 5.69 Å². The number of nitrogens with zero attached hydrogens (tertiary/aromatic N) is 4. The van der Waals surface area contributed by atoms with Gasteiger partial charge in [0.2, 0.25) is 0 Å². The molecule has 9 heteroatoms. The zero-order valence-corrected chi connectivity index (χ0v) is 14.7. The van der Waals surface area contributed by atoms with Gasteiger partial charge in [0.05, 0.1) is 28.5 Å². The highest BCUT2D eigenvalue weighted by atomic mass is 35.5. The molecule has 0 bridgehead atoms. The summed E-state index contributed by atoms with van der Waals surface area (Å²) in [5.74, 6) is 0.0543. The molecule has 7 nitrogen and oxygen atoms in total. The normalized spacial score (nSPS) is 10.7. The van der Waals surface area contributed by atoms with Crippen LogP contribution >= 0.6 is 23.2 Å². The number of aromatic nitrogens is 4. The molecule has 0 fully saturated rings. The first-order valence-corrected chi connectivity index (χ1v) is 7.94. The number of rotatable bonds is 5. The van der Waals surface area contributed by atoms with Crippen molar-refractivity contribution in [1.82, 2.24) is 19.9 Å². The average molecular weight is 378 g/mol. The summed E-state index contributed by atoms with van der Waals surface area (Å²) in [6, 6.07) is 1.53. The lowest BCUT2D eigenvalue weighted by Crippen LogP contribution is -2.11. The lowest BCUT2D eigenvalue weighted by Gasteiger charge is -2.06. The molecule has 1 N–H and O–H groups in total. The second-order valence-electron chi connectivity index (χ2n) is 5.32. The summed E-state index contributed by atoms with van der Waals surface area (Å²) in [5.41, 5.74) is 2.05. The molecule has 0 radical (unpaired) electrons. The number of allylic oxidation sites excluding steroid dienone is 1. The molecule has 0 aliphatic carbocycles. The Hall–Kier alpha value is -2.64. The molecule has 128 valence electrons. The van der Waals surface area contributed by atoms with E-state index in [-0.39, 0.29) is 5.69 Å². The summed E-state index contributed by atoms with van der Waals surface area (Å²) in [6.45, 7) is 5.85. The van der Waals surface area contributed by atoms with Gasteiger partial charge in [-0.15, -0.1) is 0 Å². The number of carbonyl (C=O) groups excluding carboxylic acids is 1. The van der Waals surface area contributed by atoms with Crippen LogP contribution in [0.1, 0.15) is 28.7 Å². The van der Waals surface area contributed by atoms with Crippen molar-refractivity contribution >= 4 is 40.4 Å². The standard InChI is InChI=1S/C16H13Cl2N5O2/c1-9(2)15-3-14(22-25-15)16(24)21-10-4-20-23(7-10)8-11-12(17)5-19-6-13(11)18/h3-7H,1,8H2,2H3,(H,21,24). The molecule has 0 unspecified atom stereocenters. The van der Waals surface area contributed by atoms with Gasteiger partial charge in [0.1, 0.15) is 0 Å². The number of halogens is 2. The summed E-state index contributed by atoms with van der Waals surface area (Å²) >= 11 is 12.2. The fourth-order valence-electron chi connectivity index (χ4n) is 2.04. The van der Waals surface area contributed by atoms with Gasteiger partial charge in [0.25, 0.3) is 5.91 Å². The van der Waals surface area contributed by atoms with Crippen molar-refractivity contribution in [3.63, 3.8) is 0 Å². The number of anilines is 1. The zero-order valence-electron chi connectivity index (χ0n) is 13.2. The molecule has 3 aromatic heterocycles. The summed E-state index contributed by atoms with van der Waals surface area (Å²) < 4.78 is 6.63. The Bertz CT molecular complexity index is 927. The SMILES string of the molecule is C=C(C)c1cc(C(=O)Nc2cnn(Cc3c(Cl)cncc3Cl)c2)no1. The molecule has 0 aromatic carbocycles. The molecule has 0 atom stereocenters. The van der Waals surface area contributed by atoms with Crippen LogP contribution in [0.25, 0.3) is 5.57 Å². The number of amides is 1. The van der Waals surface area contributed by atoms with Crippen LogP contribution in [-0.2, 0) is 6.54 Å². The molecule has 0 saturated carbocycles. The van der Waals surface area contributed by atoms with Gasteiger partial charge < -0.3 is 9.84 Å². The van der Waals surface area contributed by atoms with E-state index in [4.69, 9.17) is 27.7 Å². The maximum absolute atomic E-state index is 12.2. The summed E-state index contributed by atoms with van der Waals surface area (Å²) in [6.07, 6.45) is 6.20. The smallest absolute Gasteiger partial charge is 0.277 e. The van der Waals surface area contributed by atoms with Gasteiger partial charge in [-0.25, -0.2) is 0 Å². The quantitative estimate of drug-likeness (QED) is 0.728. The predicted molar refractivity (Wildman–Crippen MR) is 94.8 cm³/mol. The zero-order chi connectivity index (χ0) is 18.0. The van der Waals surface area contributed by atoms with Crippen LogP contribution in [-0.4, -0.2) is 25.8 Å². The van der Waals surface area contributed by atoms with Gasteiger partial charge in [-0.2, -0.15) is 5.10 Å². The van der Waals surface area contributed by atoms with Gasteiger partial charge in [-0.3, -0.25) is 14.5 Å². The minimum absolute atomic E-state index is 0.158. The second kappa shape index (κ2) is 7.08. The van der Waals surface area contributed by atoms with E-state index in [0.717, 1.165) is 0 Å². The largest absolute Gasteiger partial charge is 0.356 e. The van der Waals surface area contributed by atoms with Crippen molar-refractivity contribution in [2.75, 3.05) is 5.32 Å². The van der Waals surface area contributed by atoms with E-state index >= 15 is 0 Å². The van der Waals surface area contributed by atoms with Crippen molar-refractivity contribution in [2.45, 2.75) is 13.5 Å². The molecule has 25 heavy (non-hydrogen) atoms. The van der Waals surface area contributed by atoms with Crippen molar-refractivity contribution in [2.24, 2.45) is 0 Å². The van der Waals surface area contributed by atoms with Gasteiger partial charge in [0, 0.05) is 30.2 Å². The Morgan fingerprint density at radius 1 is 1.32 bits per heavy atom. The minimum atomic E-state index is -0.407. The Kier molecular flexibility index (Phi) is 4.87. The molecular formula is C16H13Cl2N5O2. The second-order valence-corrected chi connectivity index (χ2v) is 6.13. The Balaban J connectivity index is 1.71. The molecule has 3 aromatic rings. The maximum atomic E-state index is 12.2. The summed E-state index contributed by atoms with van der Waals surface area (Å²) in [5, 5.41) is 11.5. The predicted octanol–water partition coefficient (Wildman–Crippen LogP) is 3.91. The van der Waals surface area contributed by atoms with Crippen molar-refractivity contribution in [3.8, 4) is 0 Å². The van der Waals surface area contributed by atoms with E-state index in [1.165, 1.54) is 24.7 Å². The molecular weight excluding hydrogens is 365 g/mol. The third kappa shape index (κ3) is 3.89. The number of pyridine rings is 1. The van der Waals surface area contributed by atoms with Crippen LogP contribution in [0.15, 0.2) is 42.0 Å². The third-order valence-electron chi connectivity index (χ3n) is 3.33. The Morgan fingerprint density at radius 3 is 2.68 bits per heavy atom. The molecule has 0 spiro atoms. The molecule has 3 rings (SSSR count). The fraction of sp³-hybridized carbons (Fsp3) is 0.125. The molecule has 3 heterocycles. The van der Waals surface area contributed by atoms with Gasteiger partial charge in [-0.1, -0.05) is 34.9 Å². The highest BCUT2D eigenvalue weighted by molar-refractivity contribution is 6.35. The van der Waals surface area contributed by atoms with Crippen LogP contribution in [0, 0.1) is 0 Å². The van der Waals surface area contributed by atoms with Crippen LogP contribution in [0.2, 0.25) is 10.0 Å². The first-order valence-electron chi connectivity index (χ1n) is 7.18. The lowest BCUT2D eigenvalue weighted by atomic mass is 10.2. The van der Waals surface area contributed by atoms with Crippen molar-refractivity contribution < 1.29 is 9.32 Å². The Morgan fingerprint density at radius 2 is 2.04 bits per heavy atom. The van der Waals surface area contributed by atoms with E-state index in [0.29, 0.717) is 39.2 Å². The monoisotopic (exact) mass is 377 g/mol. The summed E-state index contributed by atoms with van der Waals surface area (Å²) in [7, 11) is 0. The molecule has 0 aliphatic heterocycles. The Labute approximate surface area is 153 Å².